The molecular weight excluding hydrogens is 454 g/mol. The SMILES string of the molecule is Cc1csc(CNC(=O)c2ccc(-c3cnc4[nH]cc(C(=O)NC(C)C(C)(C)C)c4n3)s2)c1. The predicted molar refractivity (Wildman–Crippen MR) is 134 cm³/mol. The highest BCUT2D eigenvalue weighted by Gasteiger charge is 2.24. The molecule has 9 heteroatoms. The van der Waals surface area contributed by atoms with Crippen molar-refractivity contribution in [3.63, 3.8) is 0 Å². The largest absolute Gasteiger partial charge is 0.349 e. The average Bonchev–Trinajstić information content (AvgIpc) is 3.50. The first-order valence-electron chi connectivity index (χ1n) is 10.7. The minimum absolute atomic E-state index is 0.0115. The lowest BCUT2D eigenvalue weighted by Crippen LogP contribution is -2.41. The number of hydrogen-bond donors (Lipinski definition) is 3. The number of carbonyl (C=O) groups excluding carboxylic acids is 2. The van der Waals surface area contributed by atoms with E-state index in [0.717, 1.165) is 9.75 Å². The van der Waals surface area contributed by atoms with Gasteiger partial charge in [-0.05, 0) is 48.4 Å². The van der Waals surface area contributed by atoms with E-state index in [9.17, 15) is 9.59 Å². The zero-order valence-electron chi connectivity index (χ0n) is 19.3. The first-order chi connectivity index (χ1) is 15.6. The third-order valence-electron chi connectivity index (χ3n) is 5.56. The molecule has 4 rings (SSSR count). The van der Waals surface area contributed by atoms with Gasteiger partial charge in [0.25, 0.3) is 11.8 Å². The number of fused-ring (bicyclic) bond motifs is 1. The summed E-state index contributed by atoms with van der Waals surface area (Å²) in [6.07, 6.45) is 3.29. The van der Waals surface area contributed by atoms with Crippen LogP contribution < -0.4 is 10.6 Å². The second-order valence-corrected chi connectivity index (χ2v) is 11.2. The Morgan fingerprint density at radius 1 is 1.21 bits per heavy atom. The van der Waals surface area contributed by atoms with Crippen LogP contribution in [0.2, 0.25) is 0 Å². The van der Waals surface area contributed by atoms with Gasteiger partial charge in [-0.15, -0.1) is 22.7 Å². The van der Waals surface area contributed by atoms with Crippen molar-refractivity contribution in [2.24, 2.45) is 5.41 Å². The maximum absolute atomic E-state index is 12.9. The molecule has 0 aliphatic carbocycles. The summed E-state index contributed by atoms with van der Waals surface area (Å²) in [7, 11) is 0. The van der Waals surface area contributed by atoms with Gasteiger partial charge in [-0.3, -0.25) is 9.59 Å². The van der Waals surface area contributed by atoms with E-state index in [-0.39, 0.29) is 23.3 Å². The number of hydrogen-bond acceptors (Lipinski definition) is 6. The fourth-order valence-corrected chi connectivity index (χ4v) is 4.80. The van der Waals surface area contributed by atoms with Gasteiger partial charge in [-0.25, -0.2) is 9.97 Å². The molecule has 0 aliphatic rings. The number of rotatable bonds is 6. The number of aryl methyl sites for hydroxylation is 1. The van der Waals surface area contributed by atoms with E-state index in [2.05, 4.69) is 52.8 Å². The molecule has 0 bridgehead atoms. The number of nitrogens with zero attached hydrogens (tertiary/aromatic N) is 2. The summed E-state index contributed by atoms with van der Waals surface area (Å²) < 4.78 is 0. The van der Waals surface area contributed by atoms with Gasteiger partial charge in [0.05, 0.1) is 33.8 Å². The molecular formula is C24H27N5O2S2. The molecule has 0 aromatic carbocycles. The van der Waals surface area contributed by atoms with Crippen LogP contribution in [0.5, 0.6) is 0 Å². The number of aromatic nitrogens is 3. The predicted octanol–water partition coefficient (Wildman–Crippen LogP) is 5.15. The van der Waals surface area contributed by atoms with Crippen LogP contribution >= 0.6 is 22.7 Å². The van der Waals surface area contributed by atoms with Crippen LogP contribution in [0.25, 0.3) is 21.7 Å². The Labute approximate surface area is 200 Å². The van der Waals surface area contributed by atoms with Gasteiger partial charge >= 0.3 is 0 Å². The fourth-order valence-electron chi connectivity index (χ4n) is 3.11. The Hall–Kier alpha value is -3.04. The van der Waals surface area contributed by atoms with Crippen molar-refractivity contribution < 1.29 is 9.59 Å². The maximum Gasteiger partial charge on any atom is 0.261 e. The molecule has 172 valence electrons. The lowest BCUT2D eigenvalue weighted by molar-refractivity contribution is 0.0910. The molecule has 4 aromatic rings. The molecule has 1 unspecified atom stereocenters. The highest BCUT2D eigenvalue weighted by atomic mass is 32.1. The highest BCUT2D eigenvalue weighted by molar-refractivity contribution is 7.17. The number of amides is 2. The summed E-state index contributed by atoms with van der Waals surface area (Å²) >= 11 is 2.99. The normalized spacial score (nSPS) is 12.6. The van der Waals surface area contributed by atoms with Gasteiger partial charge in [-0.2, -0.15) is 0 Å². The molecule has 4 heterocycles. The number of carbonyl (C=O) groups is 2. The van der Waals surface area contributed by atoms with Crippen LogP contribution in [-0.4, -0.2) is 32.8 Å². The van der Waals surface area contributed by atoms with Crippen LogP contribution in [-0.2, 0) is 6.54 Å². The monoisotopic (exact) mass is 481 g/mol. The second-order valence-electron chi connectivity index (χ2n) is 9.15. The molecule has 2 amide bonds. The molecule has 1 atom stereocenters. The lowest BCUT2D eigenvalue weighted by Gasteiger charge is -2.27. The van der Waals surface area contributed by atoms with Gasteiger partial charge in [0.2, 0.25) is 0 Å². The molecule has 0 spiro atoms. The van der Waals surface area contributed by atoms with E-state index < -0.39 is 0 Å². The topological polar surface area (TPSA) is 99.8 Å². The summed E-state index contributed by atoms with van der Waals surface area (Å²) in [5.41, 5.74) is 3.28. The fraction of sp³-hybridized carbons (Fsp3) is 0.333. The molecule has 4 aromatic heterocycles. The van der Waals surface area contributed by atoms with Crippen LogP contribution in [0.15, 0.2) is 36.0 Å². The summed E-state index contributed by atoms with van der Waals surface area (Å²) in [6.45, 7) is 10.8. The Balaban J connectivity index is 1.52. The van der Waals surface area contributed by atoms with Gasteiger partial charge in [0.1, 0.15) is 5.52 Å². The van der Waals surface area contributed by atoms with E-state index >= 15 is 0 Å². The first kappa shape index (κ1) is 23.1. The average molecular weight is 482 g/mol. The Kier molecular flexibility index (Phi) is 6.36. The Morgan fingerprint density at radius 2 is 2.00 bits per heavy atom. The Bertz CT molecular complexity index is 1310. The Morgan fingerprint density at radius 3 is 2.70 bits per heavy atom. The van der Waals surface area contributed by atoms with Crippen molar-refractivity contribution in [2.45, 2.75) is 47.2 Å². The van der Waals surface area contributed by atoms with Crippen LogP contribution in [0, 0.1) is 12.3 Å². The second kappa shape index (κ2) is 9.07. The number of thiophene rings is 2. The van der Waals surface area contributed by atoms with Crippen molar-refractivity contribution in [3.8, 4) is 10.6 Å². The highest BCUT2D eigenvalue weighted by Crippen LogP contribution is 2.28. The van der Waals surface area contributed by atoms with Crippen molar-refractivity contribution in [2.75, 3.05) is 0 Å². The molecule has 0 saturated carbocycles. The van der Waals surface area contributed by atoms with E-state index in [0.29, 0.717) is 33.8 Å². The van der Waals surface area contributed by atoms with Crippen LogP contribution in [0.1, 0.15) is 58.2 Å². The van der Waals surface area contributed by atoms with E-state index in [1.54, 1.807) is 29.8 Å². The molecule has 0 saturated heterocycles. The van der Waals surface area contributed by atoms with Crippen molar-refractivity contribution in [1.82, 2.24) is 25.6 Å². The molecule has 0 radical (unpaired) electrons. The van der Waals surface area contributed by atoms with E-state index in [1.807, 2.05) is 19.9 Å². The van der Waals surface area contributed by atoms with Crippen molar-refractivity contribution in [1.29, 1.82) is 0 Å². The number of nitrogens with one attached hydrogen (secondary N) is 3. The smallest absolute Gasteiger partial charge is 0.261 e. The van der Waals surface area contributed by atoms with Gasteiger partial charge in [-0.1, -0.05) is 20.8 Å². The molecule has 0 fully saturated rings. The molecule has 33 heavy (non-hydrogen) atoms. The zero-order valence-corrected chi connectivity index (χ0v) is 20.9. The summed E-state index contributed by atoms with van der Waals surface area (Å²) in [6, 6.07) is 5.71. The summed E-state index contributed by atoms with van der Waals surface area (Å²) in [5.74, 6) is -0.311. The maximum atomic E-state index is 12.9. The lowest BCUT2D eigenvalue weighted by atomic mass is 9.88. The minimum atomic E-state index is -0.190. The standard InChI is InChI=1S/C24H27N5O2S2/c1-13-8-15(32-12-13)9-27-23(31)19-7-6-18(33-19)17-11-26-21-20(29-17)16(10-25-21)22(30)28-14(2)24(3,4)5/h6-8,10-12,14H,9H2,1-5H3,(H,25,26)(H,27,31)(H,28,30). The third-order valence-corrected chi connectivity index (χ3v) is 7.72. The quantitative estimate of drug-likeness (QED) is 0.355. The van der Waals surface area contributed by atoms with Crippen molar-refractivity contribution in [3.05, 3.63) is 56.9 Å². The molecule has 3 N–H and O–H groups in total. The van der Waals surface area contributed by atoms with E-state index in [1.165, 1.54) is 16.9 Å². The first-order valence-corrected chi connectivity index (χ1v) is 12.4. The summed E-state index contributed by atoms with van der Waals surface area (Å²) in [4.78, 5) is 40.1. The van der Waals surface area contributed by atoms with E-state index in [4.69, 9.17) is 4.98 Å². The summed E-state index contributed by atoms with van der Waals surface area (Å²) in [5, 5.41) is 8.07. The molecule has 0 aliphatic heterocycles. The van der Waals surface area contributed by atoms with Gasteiger partial charge in [0.15, 0.2) is 5.65 Å². The zero-order chi connectivity index (χ0) is 23.8. The third kappa shape index (κ3) is 5.15. The van der Waals surface area contributed by atoms with Crippen LogP contribution in [0.3, 0.4) is 0 Å². The number of aromatic amines is 1. The van der Waals surface area contributed by atoms with Crippen molar-refractivity contribution >= 4 is 45.7 Å². The number of H-pyrrole nitrogens is 1. The molecule has 7 nitrogen and oxygen atoms in total. The van der Waals surface area contributed by atoms with Crippen LogP contribution in [0.4, 0.5) is 0 Å². The minimum Gasteiger partial charge on any atom is -0.349 e. The van der Waals surface area contributed by atoms with Gasteiger partial charge in [0, 0.05) is 17.1 Å². The van der Waals surface area contributed by atoms with Gasteiger partial charge < -0.3 is 15.6 Å².